The fourth-order valence-electron chi connectivity index (χ4n) is 2.40. The highest BCUT2D eigenvalue weighted by Gasteiger charge is 2.11. The average Bonchev–Trinajstić information content (AvgIpc) is 2.74. The lowest BCUT2D eigenvalue weighted by Gasteiger charge is -2.10. The first-order valence-electron chi connectivity index (χ1n) is 8.35. The molecular formula is C20H17ClN4O3. The van der Waals surface area contributed by atoms with Crippen LogP contribution in [0.5, 0.6) is 0 Å². The van der Waals surface area contributed by atoms with E-state index in [0.717, 1.165) is 5.56 Å². The number of amides is 1. The van der Waals surface area contributed by atoms with Gasteiger partial charge < -0.3 is 15.4 Å². The molecule has 0 unspecified atom stereocenters. The van der Waals surface area contributed by atoms with Gasteiger partial charge in [-0.05, 0) is 42.0 Å². The maximum absolute atomic E-state index is 12.2. The van der Waals surface area contributed by atoms with Gasteiger partial charge in [0.05, 0.1) is 35.3 Å². The second-order valence-electron chi connectivity index (χ2n) is 5.79. The van der Waals surface area contributed by atoms with Gasteiger partial charge in [0.1, 0.15) is 5.69 Å². The Balaban J connectivity index is 1.66. The Morgan fingerprint density at radius 1 is 1.14 bits per heavy atom. The van der Waals surface area contributed by atoms with E-state index in [-0.39, 0.29) is 11.6 Å². The molecule has 0 spiro atoms. The Bertz CT molecular complexity index is 979. The molecule has 1 aromatic carbocycles. The van der Waals surface area contributed by atoms with E-state index in [1.807, 2.05) is 6.07 Å². The Kier molecular flexibility index (Phi) is 6.18. The molecule has 0 aliphatic carbocycles. The van der Waals surface area contributed by atoms with E-state index in [4.69, 9.17) is 16.3 Å². The number of anilines is 2. The van der Waals surface area contributed by atoms with Crippen molar-refractivity contribution in [3.63, 3.8) is 0 Å². The molecule has 0 saturated carbocycles. The van der Waals surface area contributed by atoms with Crippen molar-refractivity contribution in [2.24, 2.45) is 0 Å². The number of carbonyl (C=O) groups is 2. The first-order valence-corrected chi connectivity index (χ1v) is 8.72. The van der Waals surface area contributed by atoms with E-state index in [2.05, 4.69) is 20.6 Å². The highest BCUT2D eigenvalue weighted by Crippen LogP contribution is 2.26. The fraction of sp³-hybridized carbons (Fsp3) is 0.100. The molecule has 0 fully saturated rings. The van der Waals surface area contributed by atoms with Crippen LogP contribution in [-0.4, -0.2) is 29.0 Å². The third kappa shape index (κ3) is 4.83. The van der Waals surface area contributed by atoms with Crippen molar-refractivity contribution in [1.82, 2.24) is 15.3 Å². The lowest BCUT2D eigenvalue weighted by atomic mass is 10.2. The quantitative estimate of drug-likeness (QED) is 0.618. The van der Waals surface area contributed by atoms with Crippen LogP contribution < -0.4 is 10.6 Å². The molecule has 2 heterocycles. The van der Waals surface area contributed by atoms with Gasteiger partial charge in [-0.1, -0.05) is 17.7 Å². The molecule has 8 heteroatoms. The van der Waals surface area contributed by atoms with Crippen LogP contribution in [-0.2, 0) is 11.3 Å². The van der Waals surface area contributed by atoms with Gasteiger partial charge in [-0.3, -0.25) is 9.78 Å². The summed E-state index contributed by atoms with van der Waals surface area (Å²) in [6.45, 7) is 0.365. The second kappa shape index (κ2) is 8.96. The maximum atomic E-state index is 12.2. The average molecular weight is 397 g/mol. The molecule has 28 heavy (non-hydrogen) atoms. The molecule has 3 aromatic rings. The van der Waals surface area contributed by atoms with Gasteiger partial charge in [0, 0.05) is 18.9 Å². The molecule has 7 nitrogen and oxygen atoms in total. The number of aromatic nitrogens is 2. The Morgan fingerprint density at radius 2 is 2.00 bits per heavy atom. The van der Waals surface area contributed by atoms with Crippen LogP contribution in [0.3, 0.4) is 0 Å². The maximum Gasteiger partial charge on any atom is 0.337 e. The third-order valence-corrected chi connectivity index (χ3v) is 4.17. The summed E-state index contributed by atoms with van der Waals surface area (Å²) in [6.07, 6.45) is 4.87. The van der Waals surface area contributed by atoms with Gasteiger partial charge in [0.2, 0.25) is 0 Å². The lowest BCUT2D eigenvalue weighted by molar-refractivity contribution is 0.0600. The van der Waals surface area contributed by atoms with E-state index in [0.29, 0.717) is 28.5 Å². The number of ether oxygens (including phenoxy) is 1. The Morgan fingerprint density at radius 3 is 2.68 bits per heavy atom. The summed E-state index contributed by atoms with van der Waals surface area (Å²) in [5.74, 6) is -0.750. The van der Waals surface area contributed by atoms with E-state index in [9.17, 15) is 9.59 Å². The van der Waals surface area contributed by atoms with Crippen LogP contribution in [0.1, 0.15) is 26.4 Å². The third-order valence-electron chi connectivity index (χ3n) is 3.84. The molecule has 0 radical (unpaired) electrons. The van der Waals surface area contributed by atoms with Crippen molar-refractivity contribution in [1.29, 1.82) is 0 Å². The number of benzene rings is 1. The van der Waals surface area contributed by atoms with Crippen molar-refractivity contribution in [2.75, 3.05) is 12.4 Å². The molecule has 0 saturated heterocycles. The predicted molar refractivity (Wildman–Crippen MR) is 106 cm³/mol. The Hall–Kier alpha value is -3.45. The lowest BCUT2D eigenvalue weighted by Crippen LogP contribution is -2.23. The van der Waals surface area contributed by atoms with E-state index in [1.165, 1.54) is 13.3 Å². The van der Waals surface area contributed by atoms with E-state index >= 15 is 0 Å². The summed E-state index contributed by atoms with van der Waals surface area (Å²) < 4.78 is 4.71. The normalized spacial score (nSPS) is 10.2. The standard InChI is InChI=1S/C20H17ClN4O3/c1-28-20(27)14-4-6-16(21)18(9-14)25-15-5-7-17(23-12-15)19(26)24-11-13-3-2-8-22-10-13/h2-10,12,25H,11H2,1H3,(H,24,26). The molecular weight excluding hydrogens is 380 g/mol. The summed E-state index contributed by atoms with van der Waals surface area (Å²) in [6, 6.07) is 11.7. The topological polar surface area (TPSA) is 93.2 Å². The summed E-state index contributed by atoms with van der Waals surface area (Å²) in [5.41, 5.74) is 2.69. The summed E-state index contributed by atoms with van der Waals surface area (Å²) in [5, 5.41) is 6.29. The molecule has 1 amide bonds. The zero-order valence-corrected chi connectivity index (χ0v) is 15.7. The van der Waals surface area contributed by atoms with Gasteiger partial charge in [-0.2, -0.15) is 0 Å². The molecule has 3 rings (SSSR count). The molecule has 2 aromatic heterocycles. The number of methoxy groups -OCH3 is 1. The van der Waals surface area contributed by atoms with Crippen molar-refractivity contribution in [3.8, 4) is 0 Å². The fourth-order valence-corrected chi connectivity index (χ4v) is 2.56. The summed E-state index contributed by atoms with van der Waals surface area (Å²) in [7, 11) is 1.31. The number of halogens is 1. The molecule has 0 bridgehead atoms. The zero-order chi connectivity index (χ0) is 19.9. The largest absolute Gasteiger partial charge is 0.465 e. The number of nitrogens with one attached hydrogen (secondary N) is 2. The van der Waals surface area contributed by atoms with E-state index in [1.54, 1.807) is 48.8 Å². The predicted octanol–water partition coefficient (Wildman–Crippen LogP) is 3.59. The second-order valence-corrected chi connectivity index (χ2v) is 6.19. The number of rotatable bonds is 6. The van der Waals surface area contributed by atoms with Crippen molar-refractivity contribution in [2.45, 2.75) is 6.54 Å². The van der Waals surface area contributed by atoms with Crippen LogP contribution in [0.2, 0.25) is 5.02 Å². The molecule has 0 atom stereocenters. The minimum Gasteiger partial charge on any atom is -0.465 e. The van der Waals surface area contributed by atoms with E-state index < -0.39 is 5.97 Å². The van der Waals surface area contributed by atoms with Crippen LogP contribution in [0, 0.1) is 0 Å². The van der Waals surface area contributed by atoms with Crippen LogP contribution in [0.25, 0.3) is 0 Å². The summed E-state index contributed by atoms with van der Waals surface area (Å²) in [4.78, 5) is 32.0. The molecule has 0 aliphatic heterocycles. The molecule has 0 aliphatic rings. The van der Waals surface area contributed by atoms with Gasteiger partial charge in [0.25, 0.3) is 5.91 Å². The van der Waals surface area contributed by atoms with Crippen molar-refractivity contribution in [3.05, 3.63) is 82.9 Å². The number of esters is 1. The Labute approximate surface area is 166 Å². The number of carbonyl (C=O) groups excluding carboxylic acids is 2. The number of hydrogen-bond donors (Lipinski definition) is 2. The highest BCUT2D eigenvalue weighted by molar-refractivity contribution is 6.33. The minimum absolute atomic E-state index is 0.281. The monoisotopic (exact) mass is 396 g/mol. The smallest absolute Gasteiger partial charge is 0.337 e. The zero-order valence-electron chi connectivity index (χ0n) is 15.0. The van der Waals surface area contributed by atoms with Gasteiger partial charge in [-0.15, -0.1) is 0 Å². The van der Waals surface area contributed by atoms with Crippen molar-refractivity contribution >= 4 is 34.9 Å². The van der Waals surface area contributed by atoms with Crippen LogP contribution >= 0.6 is 11.6 Å². The molecule has 2 N–H and O–H groups in total. The summed E-state index contributed by atoms with van der Waals surface area (Å²) >= 11 is 6.17. The number of pyridine rings is 2. The van der Waals surface area contributed by atoms with Crippen molar-refractivity contribution < 1.29 is 14.3 Å². The molecule has 142 valence electrons. The van der Waals surface area contributed by atoms with Crippen LogP contribution in [0.15, 0.2) is 61.1 Å². The van der Waals surface area contributed by atoms with Crippen LogP contribution in [0.4, 0.5) is 11.4 Å². The van der Waals surface area contributed by atoms with Gasteiger partial charge >= 0.3 is 5.97 Å². The first-order chi connectivity index (χ1) is 13.6. The SMILES string of the molecule is COC(=O)c1ccc(Cl)c(Nc2ccc(C(=O)NCc3cccnc3)nc2)c1. The van der Waals surface area contributed by atoms with Gasteiger partial charge in [-0.25, -0.2) is 9.78 Å². The number of nitrogens with zero attached hydrogens (tertiary/aromatic N) is 2. The number of hydrogen-bond acceptors (Lipinski definition) is 6. The minimum atomic E-state index is -0.460. The first kappa shape index (κ1) is 19.3. The highest BCUT2D eigenvalue weighted by atomic mass is 35.5. The van der Waals surface area contributed by atoms with Gasteiger partial charge in [0.15, 0.2) is 0 Å².